The lowest BCUT2D eigenvalue weighted by molar-refractivity contribution is -0.129. The van der Waals surface area contributed by atoms with Crippen LogP contribution in [0.5, 0.6) is 0 Å². The van der Waals surface area contributed by atoms with Gasteiger partial charge in [-0.05, 0) is 12.1 Å². The molecule has 5 nitrogen and oxygen atoms in total. The Morgan fingerprint density at radius 1 is 1.40 bits per heavy atom. The molecular formula is C10H15N3O2. The van der Waals surface area contributed by atoms with Crippen molar-refractivity contribution in [1.82, 2.24) is 15.8 Å². The van der Waals surface area contributed by atoms with E-state index in [2.05, 4.69) is 10.3 Å². The molecule has 15 heavy (non-hydrogen) atoms. The van der Waals surface area contributed by atoms with Gasteiger partial charge in [0.15, 0.2) is 0 Å². The van der Waals surface area contributed by atoms with Crippen LogP contribution in [0, 0.1) is 0 Å². The lowest BCUT2D eigenvalue weighted by Gasteiger charge is -2.03. The van der Waals surface area contributed by atoms with Gasteiger partial charge in [-0.15, -0.1) is 0 Å². The number of hydrogen-bond donors (Lipinski definition) is 3. The predicted octanol–water partition coefficient (Wildman–Crippen LogP) is 0.109. The van der Waals surface area contributed by atoms with Gasteiger partial charge in [0.1, 0.15) is 0 Å². The van der Waals surface area contributed by atoms with Crippen LogP contribution in [0.2, 0.25) is 0 Å². The zero-order chi connectivity index (χ0) is 10.9. The van der Waals surface area contributed by atoms with Crippen LogP contribution in [-0.2, 0) is 11.2 Å². The topological polar surface area (TPSA) is 74.2 Å². The third-order valence-electron chi connectivity index (χ3n) is 1.94. The van der Waals surface area contributed by atoms with Gasteiger partial charge in [-0.25, -0.2) is 5.48 Å². The fourth-order valence-electron chi connectivity index (χ4n) is 1.15. The number of hydroxylamine groups is 1. The second-order valence-electron chi connectivity index (χ2n) is 3.11. The Morgan fingerprint density at radius 2 is 2.27 bits per heavy atom. The Hall–Kier alpha value is -1.46. The van der Waals surface area contributed by atoms with Crippen molar-refractivity contribution in [3.05, 3.63) is 30.1 Å². The van der Waals surface area contributed by atoms with Crippen molar-refractivity contribution in [2.24, 2.45) is 0 Å². The molecule has 0 aliphatic rings. The van der Waals surface area contributed by atoms with Crippen LogP contribution >= 0.6 is 0 Å². The summed E-state index contributed by atoms with van der Waals surface area (Å²) in [4.78, 5) is 14.8. The van der Waals surface area contributed by atoms with E-state index >= 15 is 0 Å². The number of carbonyl (C=O) groups excluding carboxylic acids is 1. The maximum atomic E-state index is 10.6. The maximum absolute atomic E-state index is 10.6. The first-order valence-electron chi connectivity index (χ1n) is 4.86. The lowest BCUT2D eigenvalue weighted by atomic mass is 10.2. The molecule has 0 bridgehead atoms. The van der Waals surface area contributed by atoms with E-state index in [-0.39, 0.29) is 12.3 Å². The van der Waals surface area contributed by atoms with E-state index in [4.69, 9.17) is 5.21 Å². The van der Waals surface area contributed by atoms with E-state index in [0.29, 0.717) is 6.54 Å². The Labute approximate surface area is 88.5 Å². The van der Waals surface area contributed by atoms with E-state index in [9.17, 15) is 4.79 Å². The van der Waals surface area contributed by atoms with Crippen LogP contribution in [0.25, 0.3) is 0 Å². The minimum atomic E-state index is -0.375. The van der Waals surface area contributed by atoms with Gasteiger partial charge in [-0.2, -0.15) is 0 Å². The summed E-state index contributed by atoms with van der Waals surface area (Å²) < 4.78 is 0. The summed E-state index contributed by atoms with van der Waals surface area (Å²) in [6.07, 6.45) is 2.87. The standard InChI is InChI=1S/C10H15N3O2/c14-10(13-15)5-8-11-7-4-9-3-1-2-6-12-9/h1-3,6,11,15H,4-5,7-8H2,(H,13,14). The molecule has 3 N–H and O–H groups in total. The van der Waals surface area contributed by atoms with E-state index < -0.39 is 0 Å². The molecule has 0 unspecified atom stereocenters. The van der Waals surface area contributed by atoms with Gasteiger partial charge in [-0.1, -0.05) is 6.07 Å². The molecule has 0 radical (unpaired) electrons. The van der Waals surface area contributed by atoms with Gasteiger partial charge < -0.3 is 5.32 Å². The molecule has 5 heteroatoms. The summed E-state index contributed by atoms with van der Waals surface area (Å²) in [7, 11) is 0. The second kappa shape index (κ2) is 6.92. The second-order valence-corrected chi connectivity index (χ2v) is 3.11. The molecule has 0 spiro atoms. The normalized spacial score (nSPS) is 9.93. The smallest absolute Gasteiger partial charge is 0.244 e. The number of nitrogens with one attached hydrogen (secondary N) is 2. The molecular weight excluding hydrogens is 194 g/mol. The number of rotatable bonds is 6. The third kappa shape index (κ3) is 5.09. The van der Waals surface area contributed by atoms with Crippen molar-refractivity contribution in [3.63, 3.8) is 0 Å². The molecule has 0 atom stereocenters. The van der Waals surface area contributed by atoms with Gasteiger partial charge in [0.2, 0.25) is 5.91 Å². The molecule has 0 aliphatic carbocycles. The van der Waals surface area contributed by atoms with Crippen molar-refractivity contribution in [2.45, 2.75) is 12.8 Å². The Kier molecular flexibility index (Phi) is 5.35. The molecule has 82 valence electrons. The van der Waals surface area contributed by atoms with Crippen molar-refractivity contribution < 1.29 is 10.0 Å². The summed E-state index contributed by atoms with van der Waals surface area (Å²) in [5.41, 5.74) is 2.61. The minimum Gasteiger partial charge on any atom is -0.316 e. The van der Waals surface area contributed by atoms with Gasteiger partial charge >= 0.3 is 0 Å². The average Bonchev–Trinajstić information content (AvgIpc) is 2.29. The van der Waals surface area contributed by atoms with Crippen molar-refractivity contribution in [1.29, 1.82) is 0 Å². The monoisotopic (exact) mass is 209 g/mol. The van der Waals surface area contributed by atoms with Crippen molar-refractivity contribution >= 4 is 5.91 Å². The largest absolute Gasteiger partial charge is 0.316 e. The van der Waals surface area contributed by atoms with E-state index in [1.54, 1.807) is 11.7 Å². The van der Waals surface area contributed by atoms with Crippen LogP contribution in [0.4, 0.5) is 0 Å². The van der Waals surface area contributed by atoms with Crippen molar-refractivity contribution in [3.8, 4) is 0 Å². The number of pyridine rings is 1. The first-order chi connectivity index (χ1) is 7.33. The van der Waals surface area contributed by atoms with E-state index in [1.165, 1.54) is 0 Å². The maximum Gasteiger partial charge on any atom is 0.244 e. The number of nitrogens with zero attached hydrogens (tertiary/aromatic N) is 1. The Morgan fingerprint density at radius 3 is 2.93 bits per heavy atom. The quantitative estimate of drug-likeness (QED) is 0.353. The SMILES string of the molecule is O=C(CCNCCc1ccccn1)NO. The molecule has 1 aromatic rings. The third-order valence-corrected chi connectivity index (χ3v) is 1.94. The summed E-state index contributed by atoms with van der Waals surface area (Å²) in [6.45, 7) is 1.33. The summed E-state index contributed by atoms with van der Waals surface area (Å²) in [5.74, 6) is -0.375. The van der Waals surface area contributed by atoms with Gasteiger partial charge in [0, 0.05) is 37.8 Å². The minimum absolute atomic E-state index is 0.277. The Balaban J connectivity index is 2.05. The molecule has 0 saturated carbocycles. The lowest BCUT2D eigenvalue weighted by Crippen LogP contribution is -2.26. The molecule has 0 aliphatic heterocycles. The first kappa shape index (κ1) is 11.6. The molecule has 1 amide bonds. The van der Waals surface area contributed by atoms with Crippen LogP contribution in [0.3, 0.4) is 0 Å². The van der Waals surface area contributed by atoms with Gasteiger partial charge in [0.25, 0.3) is 0 Å². The van der Waals surface area contributed by atoms with Crippen LogP contribution < -0.4 is 10.8 Å². The fraction of sp³-hybridized carbons (Fsp3) is 0.400. The highest BCUT2D eigenvalue weighted by Gasteiger charge is 1.97. The first-order valence-corrected chi connectivity index (χ1v) is 4.86. The van der Waals surface area contributed by atoms with Crippen LogP contribution in [0.1, 0.15) is 12.1 Å². The zero-order valence-corrected chi connectivity index (χ0v) is 8.44. The number of carbonyl (C=O) groups is 1. The van der Waals surface area contributed by atoms with E-state index in [1.807, 2.05) is 18.2 Å². The van der Waals surface area contributed by atoms with Gasteiger partial charge in [-0.3, -0.25) is 15.0 Å². The number of aromatic nitrogens is 1. The number of amides is 1. The fourth-order valence-corrected chi connectivity index (χ4v) is 1.15. The summed E-state index contributed by atoms with van der Waals surface area (Å²) >= 11 is 0. The molecule has 0 saturated heterocycles. The van der Waals surface area contributed by atoms with Gasteiger partial charge in [0.05, 0.1) is 0 Å². The molecule has 1 rings (SSSR count). The summed E-state index contributed by atoms with van der Waals surface area (Å²) in [5, 5.41) is 11.3. The van der Waals surface area contributed by atoms with Crippen LogP contribution in [-0.4, -0.2) is 29.2 Å². The highest BCUT2D eigenvalue weighted by molar-refractivity contribution is 5.74. The molecule has 0 fully saturated rings. The summed E-state index contributed by atoms with van der Waals surface area (Å²) in [6, 6.07) is 5.78. The molecule has 0 aromatic carbocycles. The van der Waals surface area contributed by atoms with Crippen LogP contribution in [0.15, 0.2) is 24.4 Å². The average molecular weight is 209 g/mol. The number of hydrogen-bond acceptors (Lipinski definition) is 4. The Bertz CT molecular complexity index is 290. The zero-order valence-electron chi connectivity index (χ0n) is 8.44. The predicted molar refractivity (Wildman–Crippen MR) is 55.4 cm³/mol. The molecule has 1 heterocycles. The van der Waals surface area contributed by atoms with E-state index in [0.717, 1.165) is 18.7 Å². The highest BCUT2D eigenvalue weighted by Crippen LogP contribution is 1.92. The molecule has 1 aromatic heterocycles. The van der Waals surface area contributed by atoms with Crippen molar-refractivity contribution in [2.75, 3.05) is 13.1 Å². The highest BCUT2D eigenvalue weighted by atomic mass is 16.5.